The van der Waals surface area contributed by atoms with Crippen LogP contribution in [0.1, 0.15) is 34.6 Å². The minimum Gasteiger partial charge on any atom is -0.365 e. The summed E-state index contributed by atoms with van der Waals surface area (Å²) in [7, 11) is 0. The number of para-hydroxylation sites is 1. The number of hydrogen-bond donors (Lipinski definition) is 4. The third-order valence-corrected chi connectivity index (χ3v) is 5.60. The third-order valence-electron chi connectivity index (χ3n) is 5.60. The van der Waals surface area contributed by atoms with Crippen molar-refractivity contribution in [3.8, 4) is 11.3 Å². The molecule has 7 heteroatoms. The van der Waals surface area contributed by atoms with Crippen LogP contribution in [0.25, 0.3) is 22.3 Å². The van der Waals surface area contributed by atoms with Crippen LogP contribution in [0.5, 0.6) is 0 Å². The first kappa shape index (κ1) is 17.2. The lowest BCUT2D eigenvalue weighted by atomic mass is 10.1. The molecule has 5 rings (SSSR count). The number of piperidine rings is 1. The van der Waals surface area contributed by atoms with Crippen molar-refractivity contribution in [2.75, 3.05) is 25.0 Å². The molecular weight excluding hydrogens is 352 g/mol. The van der Waals surface area contributed by atoms with Crippen molar-refractivity contribution in [1.29, 1.82) is 0 Å². The summed E-state index contributed by atoms with van der Waals surface area (Å²) in [5, 5.41) is 9.89. The maximum atomic E-state index is 12.1. The summed E-state index contributed by atoms with van der Waals surface area (Å²) in [5.41, 5.74) is 6.21. The SMILES string of the molecule is Cc1nc2cccc(-c3cc4c([nH]3)CCNC4=O)c2nc1N[C@@H]1CCCNC1. The maximum absolute atomic E-state index is 12.1. The number of aryl methyl sites for hydroxylation is 1. The Labute approximate surface area is 163 Å². The normalized spacial score (nSPS) is 19.3. The molecule has 144 valence electrons. The molecule has 4 heterocycles. The van der Waals surface area contributed by atoms with Crippen molar-refractivity contribution >= 4 is 22.8 Å². The van der Waals surface area contributed by atoms with Gasteiger partial charge in [-0.2, -0.15) is 0 Å². The number of amides is 1. The van der Waals surface area contributed by atoms with Gasteiger partial charge in [0, 0.05) is 42.5 Å². The van der Waals surface area contributed by atoms with Crippen LogP contribution in [-0.4, -0.2) is 46.5 Å². The lowest BCUT2D eigenvalue weighted by Crippen LogP contribution is -2.38. The highest BCUT2D eigenvalue weighted by Crippen LogP contribution is 2.30. The Morgan fingerprint density at radius 2 is 2.11 bits per heavy atom. The van der Waals surface area contributed by atoms with Crippen molar-refractivity contribution < 1.29 is 4.79 Å². The van der Waals surface area contributed by atoms with Crippen LogP contribution in [0, 0.1) is 6.92 Å². The van der Waals surface area contributed by atoms with Gasteiger partial charge in [0.15, 0.2) is 0 Å². The van der Waals surface area contributed by atoms with Gasteiger partial charge in [0.25, 0.3) is 5.91 Å². The number of aromatic amines is 1. The van der Waals surface area contributed by atoms with E-state index in [1.165, 1.54) is 6.42 Å². The second-order valence-electron chi connectivity index (χ2n) is 7.60. The smallest absolute Gasteiger partial charge is 0.253 e. The van der Waals surface area contributed by atoms with E-state index in [1.54, 1.807) is 0 Å². The molecule has 0 aliphatic carbocycles. The van der Waals surface area contributed by atoms with Gasteiger partial charge in [-0.1, -0.05) is 12.1 Å². The summed E-state index contributed by atoms with van der Waals surface area (Å²) >= 11 is 0. The predicted octanol–water partition coefficient (Wildman–Crippen LogP) is 2.38. The number of nitrogens with one attached hydrogen (secondary N) is 4. The molecule has 0 unspecified atom stereocenters. The lowest BCUT2D eigenvalue weighted by molar-refractivity contribution is 0.0946. The largest absolute Gasteiger partial charge is 0.365 e. The topological polar surface area (TPSA) is 94.7 Å². The summed E-state index contributed by atoms with van der Waals surface area (Å²) in [6, 6.07) is 8.31. The molecule has 0 saturated carbocycles. The van der Waals surface area contributed by atoms with E-state index in [0.29, 0.717) is 12.6 Å². The van der Waals surface area contributed by atoms with Gasteiger partial charge >= 0.3 is 0 Å². The highest BCUT2D eigenvalue weighted by molar-refractivity contribution is 5.99. The van der Waals surface area contributed by atoms with Crippen molar-refractivity contribution in [2.45, 2.75) is 32.2 Å². The van der Waals surface area contributed by atoms with Crippen LogP contribution in [0.2, 0.25) is 0 Å². The Kier molecular flexibility index (Phi) is 4.24. The Morgan fingerprint density at radius 1 is 1.18 bits per heavy atom. The molecule has 0 spiro atoms. The first-order valence-electron chi connectivity index (χ1n) is 9.94. The molecule has 1 amide bonds. The van der Waals surface area contributed by atoms with Crippen molar-refractivity contribution in [2.24, 2.45) is 0 Å². The molecule has 0 radical (unpaired) electrons. The van der Waals surface area contributed by atoms with Crippen LogP contribution in [-0.2, 0) is 6.42 Å². The minimum absolute atomic E-state index is 0.0157. The molecule has 4 N–H and O–H groups in total. The Balaban J connectivity index is 1.57. The molecule has 2 aromatic heterocycles. The lowest BCUT2D eigenvalue weighted by Gasteiger charge is -2.25. The van der Waals surface area contributed by atoms with Gasteiger partial charge < -0.3 is 20.9 Å². The van der Waals surface area contributed by atoms with E-state index in [1.807, 2.05) is 31.2 Å². The fourth-order valence-corrected chi connectivity index (χ4v) is 4.13. The van der Waals surface area contributed by atoms with Gasteiger partial charge in [0.2, 0.25) is 0 Å². The maximum Gasteiger partial charge on any atom is 0.253 e. The molecule has 1 fully saturated rings. The first-order valence-corrected chi connectivity index (χ1v) is 9.94. The first-order chi connectivity index (χ1) is 13.7. The zero-order valence-corrected chi connectivity index (χ0v) is 15.9. The highest BCUT2D eigenvalue weighted by Gasteiger charge is 2.21. The quantitative estimate of drug-likeness (QED) is 0.563. The molecule has 1 atom stereocenters. The van der Waals surface area contributed by atoms with Crippen LogP contribution in [0.4, 0.5) is 5.82 Å². The monoisotopic (exact) mass is 376 g/mol. The fourth-order valence-electron chi connectivity index (χ4n) is 4.13. The van der Waals surface area contributed by atoms with E-state index in [9.17, 15) is 4.79 Å². The van der Waals surface area contributed by atoms with Gasteiger partial charge in [-0.3, -0.25) is 4.79 Å². The Bertz CT molecular complexity index is 1050. The number of carbonyl (C=O) groups excluding carboxylic acids is 1. The molecule has 7 nitrogen and oxygen atoms in total. The Morgan fingerprint density at radius 3 is 2.93 bits per heavy atom. The number of H-pyrrole nitrogens is 1. The number of carbonyl (C=O) groups is 1. The molecule has 2 aliphatic heterocycles. The molecule has 3 aromatic rings. The van der Waals surface area contributed by atoms with Gasteiger partial charge in [0.1, 0.15) is 11.3 Å². The average Bonchev–Trinajstić information content (AvgIpc) is 3.14. The molecule has 2 aliphatic rings. The molecule has 28 heavy (non-hydrogen) atoms. The van der Waals surface area contributed by atoms with E-state index in [-0.39, 0.29) is 5.91 Å². The molecule has 0 bridgehead atoms. The van der Waals surface area contributed by atoms with Gasteiger partial charge in [-0.15, -0.1) is 0 Å². The summed E-state index contributed by atoms with van der Waals surface area (Å²) < 4.78 is 0. The average molecular weight is 376 g/mol. The number of nitrogens with zero attached hydrogens (tertiary/aromatic N) is 2. The predicted molar refractivity (Wildman–Crippen MR) is 110 cm³/mol. The van der Waals surface area contributed by atoms with Gasteiger partial charge in [0.05, 0.1) is 16.8 Å². The van der Waals surface area contributed by atoms with E-state index >= 15 is 0 Å². The fraction of sp³-hybridized carbons (Fsp3) is 0.381. The molecule has 1 aromatic carbocycles. The van der Waals surface area contributed by atoms with Crippen molar-refractivity contribution in [3.63, 3.8) is 0 Å². The van der Waals surface area contributed by atoms with Gasteiger partial charge in [-0.25, -0.2) is 9.97 Å². The van der Waals surface area contributed by atoms with E-state index in [0.717, 1.165) is 71.0 Å². The number of anilines is 1. The van der Waals surface area contributed by atoms with Crippen molar-refractivity contribution in [1.82, 2.24) is 25.6 Å². The molecule has 1 saturated heterocycles. The van der Waals surface area contributed by atoms with Crippen LogP contribution in [0.15, 0.2) is 24.3 Å². The van der Waals surface area contributed by atoms with Crippen LogP contribution >= 0.6 is 0 Å². The summed E-state index contributed by atoms with van der Waals surface area (Å²) in [6.07, 6.45) is 3.11. The summed E-state index contributed by atoms with van der Waals surface area (Å²) in [4.78, 5) is 25.3. The number of hydrogen-bond acceptors (Lipinski definition) is 5. The summed E-state index contributed by atoms with van der Waals surface area (Å²) in [5.74, 6) is 0.820. The molecular formula is C21H24N6O. The van der Waals surface area contributed by atoms with Crippen molar-refractivity contribution in [3.05, 3.63) is 41.2 Å². The highest BCUT2D eigenvalue weighted by atomic mass is 16.1. The Hall–Kier alpha value is -2.93. The van der Waals surface area contributed by atoms with E-state index in [4.69, 9.17) is 9.97 Å². The van der Waals surface area contributed by atoms with E-state index in [2.05, 4.69) is 20.9 Å². The number of benzene rings is 1. The van der Waals surface area contributed by atoms with E-state index < -0.39 is 0 Å². The summed E-state index contributed by atoms with van der Waals surface area (Å²) in [6.45, 7) is 4.69. The number of rotatable bonds is 3. The van der Waals surface area contributed by atoms with Crippen LogP contribution in [0.3, 0.4) is 0 Å². The zero-order chi connectivity index (χ0) is 19.1. The number of aromatic nitrogens is 3. The second-order valence-corrected chi connectivity index (χ2v) is 7.60. The minimum atomic E-state index is -0.0157. The third kappa shape index (κ3) is 3.01. The van der Waals surface area contributed by atoms with Gasteiger partial charge in [-0.05, 0) is 38.4 Å². The number of fused-ring (bicyclic) bond motifs is 2. The standard InChI is InChI=1S/C21H24N6O/c1-12-20(25-13-4-3-8-22-11-13)27-19-14(5-2-6-17(19)24-12)18-10-15-16(26-18)7-9-23-21(15)28/h2,5-6,10,13,22,26H,3-4,7-9,11H2,1H3,(H,23,28)(H,25,27)/t13-/m1/s1. The zero-order valence-electron chi connectivity index (χ0n) is 15.9. The second kappa shape index (κ2) is 6.91. The van der Waals surface area contributed by atoms with Crippen LogP contribution < -0.4 is 16.0 Å².